The number of rotatable bonds is 6. The molecule has 0 saturated heterocycles. The zero-order chi connectivity index (χ0) is 37.2. The van der Waals surface area contributed by atoms with Crippen LogP contribution in [0.15, 0.2) is 109 Å². The van der Waals surface area contributed by atoms with E-state index < -0.39 is 0 Å². The van der Waals surface area contributed by atoms with Crippen LogP contribution in [0.25, 0.3) is 82.8 Å². The van der Waals surface area contributed by atoms with Gasteiger partial charge in [-0.1, -0.05) is 0 Å². The summed E-state index contributed by atoms with van der Waals surface area (Å²) < 4.78 is 9.79. The first-order valence-corrected chi connectivity index (χ1v) is 23.0. The molecule has 10 rings (SSSR count). The molecule has 0 radical (unpaired) electrons. The second-order valence-corrected chi connectivity index (χ2v) is 22.3. The Morgan fingerprint density at radius 1 is 0.352 bits per heavy atom. The number of benzene rings is 6. The minimum absolute atomic E-state index is 0.356. The summed E-state index contributed by atoms with van der Waals surface area (Å²) in [6, 6.07) is 43.3. The molecule has 0 atom stereocenters. The van der Waals surface area contributed by atoms with Gasteiger partial charge in [-0.25, -0.2) is 0 Å². The molecule has 0 aliphatic carbocycles. The van der Waals surface area contributed by atoms with E-state index in [1.165, 1.54) is 102 Å². The molecule has 0 unspecified atom stereocenters. The fourth-order valence-corrected chi connectivity index (χ4v) is 15.1. The van der Waals surface area contributed by atoms with Crippen molar-refractivity contribution in [2.45, 2.75) is 79.1 Å². The molecule has 4 aromatic heterocycles. The van der Waals surface area contributed by atoms with Crippen LogP contribution in [0.2, 0.25) is 0 Å². The van der Waals surface area contributed by atoms with Crippen molar-refractivity contribution in [1.29, 1.82) is 0 Å². The quantitative estimate of drug-likeness (QED) is 0.148. The first kappa shape index (κ1) is 34.2. The zero-order valence-electron chi connectivity index (χ0n) is 32.4. The normalized spacial score (nSPS) is 12.7. The van der Waals surface area contributed by atoms with Gasteiger partial charge in [0.1, 0.15) is 0 Å². The van der Waals surface area contributed by atoms with Crippen LogP contribution < -0.4 is 0 Å². The van der Waals surface area contributed by atoms with Crippen molar-refractivity contribution in [2.24, 2.45) is 0 Å². The Labute approximate surface area is 329 Å². The van der Waals surface area contributed by atoms with Gasteiger partial charge in [-0.15, -0.1) is 0 Å². The van der Waals surface area contributed by atoms with E-state index in [1.807, 2.05) is 0 Å². The minimum atomic E-state index is 0.356. The van der Waals surface area contributed by atoms with E-state index in [-0.39, 0.29) is 0 Å². The molecule has 0 bridgehead atoms. The van der Waals surface area contributed by atoms with Gasteiger partial charge in [0.15, 0.2) is 0 Å². The summed E-state index contributed by atoms with van der Waals surface area (Å²) in [6.45, 7) is 18.4. The van der Waals surface area contributed by atoms with Gasteiger partial charge in [-0.3, -0.25) is 0 Å². The number of hydrogen-bond acceptors (Lipinski definition) is 0. The molecule has 268 valence electrons. The molecule has 0 fully saturated rings. The summed E-state index contributed by atoms with van der Waals surface area (Å²) >= 11 is 0.712. The van der Waals surface area contributed by atoms with Gasteiger partial charge < -0.3 is 0 Å². The van der Waals surface area contributed by atoms with Crippen LogP contribution in [0.1, 0.15) is 101 Å². The van der Waals surface area contributed by atoms with E-state index >= 15 is 0 Å². The average molecular weight is 833 g/mol. The topological polar surface area (TPSA) is 9.86 Å². The average Bonchev–Trinajstić information content (AvgIpc) is 3.89. The van der Waals surface area contributed by atoms with Crippen molar-refractivity contribution in [3.63, 3.8) is 0 Å². The second-order valence-electron chi connectivity index (χ2n) is 16.6. The van der Waals surface area contributed by atoms with E-state index in [9.17, 15) is 0 Å². The van der Waals surface area contributed by atoms with Gasteiger partial charge in [0.05, 0.1) is 0 Å². The first-order chi connectivity index (χ1) is 26.0. The Morgan fingerprint density at radius 3 is 0.963 bits per heavy atom. The van der Waals surface area contributed by atoms with Crippen LogP contribution in [-0.2, 0) is 0 Å². The molecule has 54 heavy (non-hydrogen) atoms. The summed E-state index contributed by atoms with van der Waals surface area (Å²) in [5.41, 5.74) is 13.3. The van der Waals surface area contributed by atoms with E-state index in [2.05, 4.69) is 174 Å². The second kappa shape index (κ2) is 12.6. The summed E-state index contributed by atoms with van der Waals surface area (Å²) in [7, 11) is 0. The molecule has 0 amide bonds. The van der Waals surface area contributed by atoms with E-state index in [4.69, 9.17) is 0 Å². The maximum absolute atomic E-state index is 2.52. The molecule has 2 nitrogen and oxygen atoms in total. The molecular weight excluding hydrogens is 786 g/mol. The third kappa shape index (κ3) is 5.18. The van der Waals surface area contributed by atoms with Crippen molar-refractivity contribution < 1.29 is 0 Å². The maximum atomic E-state index is 2.52. The van der Waals surface area contributed by atoms with Gasteiger partial charge in [0.25, 0.3) is 0 Å². The monoisotopic (exact) mass is 834 g/mol. The SMILES string of the molecule is CC(C)c1ccc2c(c1)c1cc(C(C)C)ccc1n2-c1ccc2[se]c3[se]c4ccc(-n5c6ccc(C(C)C)cc6c6cc(C(C)C)ccc65)cc4c3c2c1. The molecule has 0 N–H and O–H groups in total. The third-order valence-corrected chi connectivity index (χ3v) is 17.8. The van der Waals surface area contributed by atoms with E-state index in [0.29, 0.717) is 52.7 Å². The standard InChI is InChI=1S/C50H46N2Se2/c1-27(2)31-9-15-43-37(21-31)38-22-32(28(3)4)10-16-44(38)51(43)35-13-19-47-41(25-35)49-42-26-36(14-20-48(42)54-50(49)53-47)52-45-17-11-33(29(5)6)23-39(45)40-24-34(30(7)8)12-18-46(40)52/h9-30H,1-8H3. The molecule has 6 aromatic carbocycles. The van der Waals surface area contributed by atoms with Crippen LogP contribution in [-0.4, -0.2) is 38.1 Å². The van der Waals surface area contributed by atoms with Gasteiger partial charge in [0.2, 0.25) is 0 Å². The van der Waals surface area contributed by atoms with Crippen LogP contribution in [0.4, 0.5) is 0 Å². The summed E-state index contributed by atoms with van der Waals surface area (Å²) in [6.07, 6.45) is 0. The van der Waals surface area contributed by atoms with Gasteiger partial charge in [0, 0.05) is 0 Å². The third-order valence-electron chi connectivity index (χ3n) is 11.9. The number of aromatic nitrogens is 2. The van der Waals surface area contributed by atoms with Crippen molar-refractivity contribution in [3.05, 3.63) is 131 Å². The van der Waals surface area contributed by atoms with E-state index in [0.717, 1.165) is 0 Å². The first-order valence-electron chi connectivity index (χ1n) is 19.6. The van der Waals surface area contributed by atoms with E-state index in [1.54, 1.807) is 3.13 Å². The Hall–Kier alpha value is -4.30. The molecule has 4 heteroatoms. The molecule has 0 aliphatic heterocycles. The molecule has 0 saturated carbocycles. The Bertz CT molecular complexity index is 2780. The van der Waals surface area contributed by atoms with Crippen LogP contribution in [0.5, 0.6) is 0 Å². The van der Waals surface area contributed by atoms with Crippen LogP contribution >= 0.6 is 0 Å². The van der Waals surface area contributed by atoms with Gasteiger partial charge in [-0.05, 0) is 0 Å². The number of fused-ring (bicyclic) bond motifs is 11. The molecule has 10 aromatic rings. The Morgan fingerprint density at radius 2 is 0.667 bits per heavy atom. The van der Waals surface area contributed by atoms with Gasteiger partial charge >= 0.3 is 331 Å². The molecular formula is C50H46N2Se2. The van der Waals surface area contributed by atoms with Gasteiger partial charge in [-0.2, -0.15) is 0 Å². The van der Waals surface area contributed by atoms with Crippen molar-refractivity contribution >= 4 is 100 Å². The molecule has 4 heterocycles. The van der Waals surface area contributed by atoms with Crippen LogP contribution in [0.3, 0.4) is 0 Å². The predicted molar refractivity (Wildman–Crippen MR) is 238 cm³/mol. The summed E-state index contributed by atoms with van der Waals surface area (Å²) in [5.74, 6) is 1.95. The number of hydrogen-bond donors (Lipinski definition) is 0. The summed E-state index contributed by atoms with van der Waals surface area (Å²) in [4.78, 5) is 0. The Kier molecular flexibility index (Phi) is 7.99. The zero-order valence-corrected chi connectivity index (χ0v) is 35.8. The summed E-state index contributed by atoms with van der Waals surface area (Å²) in [5, 5.41) is 9.82. The van der Waals surface area contributed by atoms with Crippen molar-refractivity contribution in [3.8, 4) is 11.4 Å². The predicted octanol–water partition coefficient (Wildman–Crippen LogP) is 13.9. The van der Waals surface area contributed by atoms with Crippen LogP contribution in [0, 0.1) is 0 Å². The fourth-order valence-electron chi connectivity index (χ4n) is 8.68. The molecule has 0 spiro atoms. The Balaban J connectivity index is 1.20. The number of nitrogens with zero attached hydrogens (tertiary/aromatic N) is 2. The van der Waals surface area contributed by atoms with Crippen molar-refractivity contribution in [2.75, 3.05) is 0 Å². The molecule has 0 aliphatic rings. The fraction of sp³-hybridized carbons (Fsp3) is 0.240. The van der Waals surface area contributed by atoms with Crippen molar-refractivity contribution in [1.82, 2.24) is 9.13 Å².